The Morgan fingerprint density at radius 1 is 0.466 bits per heavy atom. The van der Waals surface area contributed by atoms with Crippen molar-refractivity contribution in [1.29, 1.82) is 0 Å². The fourth-order valence-electron chi connectivity index (χ4n) is 8.51. The molecule has 0 fully saturated rings. The zero-order valence-corrected chi connectivity index (χ0v) is 31.6. The molecule has 58 heavy (non-hydrogen) atoms. The van der Waals surface area contributed by atoms with Crippen LogP contribution in [0.25, 0.3) is 77.7 Å². The van der Waals surface area contributed by atoms with Crippen molar-refractivity contribution in [2.24, 2.45) is 4.99 Å². The highest BCUT2D eigenvalue weighted by molar-refractivity contribution is 6.22. The maximum atomic E-state index is 7.02. The van der Waals surface area contributed by atoms with Gasteiger partial charge in [-0.25, -0.2) is 4.99 Å². The number of furan rings is 1. The predicted octanol–water partition coefficient (Wildman–Crippen LogP) is 13.7. The van der Waals surface area contributed by atoms with E-state index in [-0.39, 0.29) is 6.04 Å². The van der Waals surface area contributed by atoms with Crippen LogP contribution in [0.15, 0.2) is 222 Å². The summed E-state index contributed by atoms with van der Waals surface area (Å²) >= 11 is 0. The van der Waals surface area contributed by atoms with Gasteiger partial charge in [-0.3, -0.25) is 0 Å². The summed E-state index contributed by atoms with van der Waals surface area (Å²) in [5, 5.41) is 7.14. The largest absolute Gasteiger partial charge is 0.455 e. The van der Waals surface area contributed by atoms with Crippen LogP contribution in [0.1, 0.15) is 22.7 Å². The van der Waals surface area contributed by atoms with Crippen molar-refractivity contribution in [3.63, 3.8) is 0 Å². The highest BCUT2D eigenvalue weighted by atomic mass is 16.3. The SMILES string of the molecule is C1=C(c2ccc(-c3ccccc3)cc2)N=C(c2ccccc2)NC1c1cccc(-n2c3ccccc3c3c4oc(-c5ccccc5)c(-c5ccccc5)c4ccc32)c1. The first-order valence-corrected chi connectivity index (χ1v) is 19.7. The Kier molecular flexibility index (Phi) is 8.18. The molecule has 10 aromatic rings. The average molecular weight is 744 g/mol. The van der Waals surface area contributed by atoms with Gasteiger partial charge < -0.3 is 14.3 Å². The normalized spacial score (nSPS) is 14.0. The molecule has 1 aliphatic rings. The molecule has 0 spiro atoms. The number of hydrogen-bond donors (Lipinski definition) is 1. The lowest BCUT2D eigenvalue weighted by atomic mass is 9.98. The van der Waals surface area contributed by atoms with Crippen LogP contribution in [0.4, 0.5) is 0 Å². The van der Waals surface area contributed by atoms with E-state index in [0.717, 1.165) is 89.1 Å². The minimum atomic E-state index is -0.122. The number of fused-ring (bicyclic) bond motifs is 5. The first-order chi connectivity index (χ1) is 28.8. The molecule has 0 bridgehead atoms. The first-order valence-electron chi connectivity index (χ1n) is 19.7. The lowest BCUT2D eigenvalue weighted by Crippen LogP contribution is -2.31. The molecule has 4 heteroatoms. The molecule has 1 N–H and O–H groups in total. The average Bonchev–Trinajstić information content (AvgIpc) is 3.87. The van der Waals surface area contributed by atoms with Crippen LogP contribution in [0.3, 0.4) is 0 Å². The number of nitrogens with one attached hydrogen (secondary N) is 1. The number of rotatable bonds is 7. The van der Waals surface area contributed by atoms with Gasteiger partial charge in [-0.1, -0.05) is 176 Å². The minimum Gasteiger partial charge on any atom is -0.455 e. The molecule has 0 aliphatic carbocycles. The van der Waals surface area contributed by atoms with E-state index in [2.05, 4.69) is 210 Å². The number of amidine groups is 1. The smallest absolute Gasteiger partial charge is 0.145 e. The van der Waals surface area contributed by atoms with Gasteiger partial charge in [0.05, 0.1) is 28.2 Å². The maximum Gasteiger partial charge on any atom is 0.145 e. The standard InChI is InChI=1S/C54H37N3O/c1-5-16-36(17-6-1)37-28-30-38(31-29-37)46-35-47(56-54(55-46)41-22-11-4-12-23-41)42-24-15-25-43(34-42)57-48-27-14-13-26-44(48)51-49(57)33-32-45-50(39-18-7-2-8-19-39)52(58-53(45)51)40-20-9-3-10-21-40/h1-35,47H,(H,55,56). The zero-order valence-electron chi connectivity index (χ0n) is 31.6. The predicted molar refractivity (Wildman–Crippen MR) is 240 cm³/mol. The van der Waals surface area contributed by atoms with Gasteiger partial charge in [-0.05, 0) is 64.2 Å². The molecule has 0 amide bonds. The molecular weight excluding hydrogens is 707 g/mol. The number of aromatic nitrogens is 1. The van der Waals surface area contributed by atoms with Crippen molar-refractivity contribution < 1.29 is 4.42 Å². The second-order valence-corrected chi connectivity index (χ2v) is 14.8. The second-order valence-electron chi connectivity index (χ2n) is 14.8. The van der Waals surface area contributed by atoms with E-state index < -0.39 is 0 Å². The maximum absolute atomic E-state index is 7.02. The molecular formula is C54H37N3O. The summed E-state index contributed by atoms with van der Waals surface area (Å²) in [7, 11) is 0. The molecule has 1 atom stereocenters. The third-order valence-electron chi connectivity index (χ3n) is 11.3. The summed E-state index contributed by atoms with van der Waals surface area (Å²) < 4.78 is 9.40. The van der Waals surface area contributed by atoms with Gasteiger partial charge in [0.2, 0.25) is 0 Å². The van der Waals surface area contributed by atoms with E-state index in [1.807, 2.05) is 12.1 Å². The van der Waals surface area contributed by atoms with E-state index in [1.54, 1.807) is 0 Å². The van der Waals surface area contributed by atoms with Crippen LogP contribution in [0.5, 0.6) is 0 Å². The Morgan fingerprint density at radius 3 is 1.79 bits per heavy atom. The quantitative estimate of drug-likeness (QED) is 0.177. The Hall–Kier alpha value is -7.69. The van der Waals surface area contributed by atoms with Crippen LogP contribution in [0.2, 0.25) is 0 Å². The molecule has 0 saturated heterocycles. The van der Waals surface area contributed by atoms with E-state index >= 15 is 0 Å². The fraction of sp³-hybridized carbons (Fsp3) is 0.0185. The first kappa shape index (κ1) is 33.6. The van der Waals surface area contributed by atoms with Crippen molar-refractivity contribution in [3.05, 3.63) is 229 Å². The van der Waals surface area contributed by atoms with E-state index in [1.165, 1.54) is 11.1 Å². The summed E-state index contributed by atoms with van der Waals surface area (Å²) in [6, 6.07) is 72.6. The number of aliphatic imine (C=N–C) groups is 1. The van der Waals surface area contributed by atoms with Crippen LogP contribution in [0, 0.1) is 0 Å². The lowest BCUT2D eigenvalue weighted by Gasteiger charge is -2.25. The molecule has 1 unspecified atom stereocenters. The second kappa shape index (κ2) is 14.1. The summed E-state index contributed by atoms with van der Waals surface area (Å²) in [5.74, 6) is 1.73. The number of benzene rings is 8. The molecule has 3 heterocycles. The molecule has 0 radical (unpaired) electrons. The van der Waals surface area contributed by atoms with Gasteiger partial charge in [0.1, 0.15) is 17.2 Å². The van der Waals surface area contributed by atoms with Crippen molar-refractivity contribution in [2.75, 3.05) is 0 Å². The number of nitrogens with zero attached hydrogens (tertiary/aromatic N) is 2. The molecule has 11 rings (SSSR count). The molecule has 274 valence electrons. The van der Waals surface area contributed by atoms with Crippen LogP contribution in [-0.2, 0) is 0 Å². The van der Waals surface area contributed by atoms with Gasteiger partial charge in [0.15, 0.2) is 0 Å². The summed E-state index contributed by atoms with van der Waals surface area (Å²) in [4.78, 5) is 5.19. The van der Waals surface area contributed by atoms with Crippen molar-refractivity contribution in [3.8, 4) is 39.3 Å². The van der Waals surface area contributed by atoms with Gasteiger partial charge in [0.25, 0.3) is 0 Å². The fourth-order valence-corrected chi connectivity index (χ4v) is 8.51. The third-order valence-corrected chi connectivity index (χ3v) is 11.3. The van der Waals surface area contributed by atoms with Crippen LogP contribution >= 0.6 is 0 Å². The monoisotopic (exact) mass is 743 g/mol. The van der Waals surface area contributed by atoms with Gasteiger partial charge >= 0.3 is 0 Å². The summed E-state index contributed by atoms with van der Waals surface area (Å²) in [6.07, 6.45) is 2.25. The zero-order chi connectivity index (χ0) is 38.4. The molecule has 1 aliphatic heterocycles. The number of hydrogen-bond acceptors (Lipinski definition) is 3. The topological polar surface area (TPSA) is 42.5 Å². The Balaban J connectivity index is 1.05. The van der Waals surface area contributed by atoms with Gasteiger partial charge in [0, 0.05) is 33.2 Å². The van der Waals surface area contributed by atoms with E-state index in [4.69, 9.17) is 9.41 Å². The number of para-hydroxylation sites is 1. The summed E-state index contributed by atoms with van der Waals surface area (Å²) in [6.45, 7) is 0. The highest BCUT2D eigenvalue weighted by Crippen LogP contribution is 2.46. The van der Waals surface area contributed by atoms with E-state index in [9.17, 15) is 0 Å². The molecule has 0 saturated carbocycles. The van der Waals surface area contributed by atoms with Crippen molar-refractivity contribution >= 4 is 44.3 Å². The summed E-state index contributed by atoms with van der Waals surface area (Å²) in [5.41, 5.74) is 14.1. The van der Waals surface area contributed by atoms with E-state index in [0.29, 0.717) is 0 Å². The molecule has 4 nitrogen and oxygen atoms in total. The minimum absolute atomic E-state index is 0.122. The van der Waals surface area contributed by atoms with Crippen LogP contribution < -0.4 is 5.32 Å². The lowest BCUT2D eigenvalue weighted by molar-refractivity contribution is 0.636. The third kappa shape index (κ3) is 5.82. The Morgan fingerprint density at radius 2 is 1.07 bits per heavy atom. The van der Waals surface area contributed by atoms with Crippen molar-refractivity contribution in [1.82, 2.24) is 9.88 Å². The molecule has 8 aromatic carbocycles. The van der Waals surface area contributed by atoms with Gasteiger partial charge in [-0.2, -0.15) is 0 Å². The Bertz CT molecular complexity index is 3160. The Labute approximate surface area is 336 Å². The van der Waals surface area contributed by atoms with Crippen LogP contribution in [-0.4, -0.2) is 10.4 Å². The van der Waals surface area contributed by atoms with Crippen molar-refractivity contribution in [2.45, 2.75) is 6.04 Å². The van der Waals surface area contributed by atoms with Gasteiger partial charge in [-0.15, -0.1) is 0 Å². The highest BCUT2D eigenvalue weighted by Gasteiger charge is 2.24. The molecule has 2 aromatic heterocycles.